The number of hydrogen-bond acceptors (Lipinski definition) is 4. The van der Waals surface area contributed by atoms with Gasteiger partial charge in [0.15, 0.2) is 5.65 Å². The third kappa shape index (κ3) is 1.75. The Morgan fingerprint density at radius 2 is 2.28 bits per heavy atom. The van der Waals surface area contributed by atoms with Gasteiger partial charge in [-0.1, -0.05) is 0 Å². The zero-order chi connectivity index (χ0) is 12.7. The maximum absolute atomic E-state index is 11.4. The van der Waals surface area contributed by atoms with Crippen molar-refractivity contribution >= 4 is 17.2 Å². The zero-order valence-corrected chi connectivity index (χ0v) is 10.6. The van der Waals surface area contributed by atoms with E-state index >= 15 is 0 Å². The number of Topliss-reactive ketones (excluding diaryl/α,β-unsaturated/α-hetero) is 1. The summed E-state index contributed by atoms with van der Waals surface area (Å²) in [5.74, 6) is 1.62. The minimum Gasteiger partial charge on any atom is -0.363 e. The monoisotopic (exact) mass is 244 g/mol. The molecule has 1 fully saturated rings. The molecule has 94 valence electrons. The van der Waals surface area contributed by atoms with E-state index in [4.69, 9.17) is 0 Å². The van der Waals surface area contributed by atoms with Gasteiger partial charge in [0.1, 0.15) is 11.6 Å². The molecule has 1 saturated carbocycles. The van der Waals surface area contributed by atoms with Crippen LogP contribution in [0.2, 0.25) is 0 Å². The van der Waals surface area contributed by atoms with Gasteiger partial charge >= 0.3 is 0 Å². The summed E-state index contributed by atoms with van der Waals surface area (Å²) in [6.45, 7) is 0. The lowest BCUT2D eigenvalue weighted by Crippen LogP contribution is -2.15. The molecule has 0 amide bonds. The van der Waals surface area contributed by atoms with E-state index in [0.29, 0.717) is 18.6 Å². The van der Waals surface area contributed by atoms with Gasteiger partial charge in [-0.3, -0.25) is 4.79 Å². The fourth-order valence-electron chi connectivity index (χ4n) is 2.51. The van der Waals surface area contributed by atoms with Crippen LogP contribution in [0.15, 0.2) is 18.3 Å². The van der Waals surface area contributed by atoms with E-state index in [2.05, 4.69) is 10.1 Å². The first kappa shape index (κ1) is 11.2. The van der Waals surface area contributed by atoms with Crippen molar-refractivity contribution in [3.63, 3.8) is 0 Å². The van der Waals surface area contributed by atoms with Gasteiger partial charge in [0.25, 0.3) is 0 Å². The molecule has 5 nitrogen and oxygen atoms in total. The summed E-state index contributed by atoms with van der Waals surface area (Å²) in [7, 11) is 3.97. The highest BCUT2D eigenvalue weighted by atomic mass is 16.1. The molecule has 0 N–H and O–H groups in total. The molecule has 0 radical (unpaired) electrons. The van der Waals surface area contributed by atoms with Gasteiger partial charge < -0.3 is 4.90 Å². The molecule has 2 heterocycles. The second kappa shape index (κ2) is 4.08. The van der Waals surface area contributed by atoms with Crippen LogP contribution in [0.4, 0.5) is 5.82 Å². The molecule has 0 aliphatic heterocycles. The number of aromatic nitrogens is 3. The Hall–Kier alpha value is -1.91. The van der Waals surface area contributed by atoms with Crippen molar-refractivity contribution < 1.29 is 4.79 Å². The Kier molecular flexibility index (Phi) is 2.54. The topological polar surface area (TPSA) is 50.5 Å². The lowest BCUT2D eigenvalue weighted by Gasteiger charge is -2.17. The fourth-order valence-corrected chi connectivity index (χ4v) is 2.51. The molecule has 1 aliphatic carbocycles. The molecule has 1 aliphatic rings. The number of nitrogens with zero attached hydrogens (tertiary/aromatic N) is 4. The Bertz CT molecular complexity index is 602. The highest BCUT2D eigenvalue weighted by Gasteiger charge is 2.25. The maximum atomic E-state index is 11.4. The summed E-state index contributed by atoms with van der Waals surface area (Å²) in [6, 6.07) is 3.94. The largest absolute Gasteiger partial charge is 0.363 e. The molecule has 0 aromatic carbocycles. The number of fused-ring (bicyclic) bond motifs is 1. The third-order valence-electron chi connectivity index (χ3n) is 3.48. The van der Waals surface area contributed by atoms with E-state index in [9.17, 15) is 4.79 Å². The average molecular weight is 244 g/mol. The van der Waals surface area contributed by atoms with Crippen LogP contribution in [-0.4, -0.2) is 34.5 Å². The van der Waals surface area contributed by atoms with Crippen LogP contribution >= 0.6 is 0 Å². The van der Waals surface area contributed by atoms with Crippen LogP contribution in [0.25, 0.3) is 5.65 Å². The minimum absolute atomic E-state index is 0.274. The normalized spacial score (nSPS) is 19.7. The number of hydrogen-bond donors (Lipinski definition) is 0. The van der Waals surface area contributed by atoms with Gasteiger partial charge in [0.05, 0.1) is 11.9 Å². The van der Waals surface area contributed by atoms with Gasteiger partial charge in [-0.15, -0.1) is 0 Å². The first-order valence-corrected chi connectivity index (χ1v) is 6.19. The molecule has 1 atom stereocenters. The quantitative estimate of drug-likeness (QED) is 0.805. The number of anilines is 1. The first-order valence-electron chi connectivity index (χ1n) is 6.19. The second-order valence-electron chi connectivity index (χ2n) is 5.01. The number of ketones is 1. The predicted molar refractivity (Wildman–Crippen MR) is 68.9 cm³/mol. The molecule has 2 aromatic rings. The SMILES string of the molecule is CN(C)c1cc(C2CCC(=O)C2)nc2ccnn12. The van der Waals surface area contributed by atoms with Crippen LogP contribution in [-0.2, 0) is 4.79 Å². The van der Waals surface area contributed by atoms with E-state index in [0.717, 1.165) is 23.6 Å². The third-order valence-corrected chi connectivity index (χ3v) is 3.48. The van der Waals surface area contributed by atoms with Crippen LogP contribution < -0.4 is 4.90 Å². The predicted octanol–water partition coefficient (Wildman–Crippen LogP) is 1.63. The maximum Gasteiger partial charge on any atom is 0.157 e. The van der Waals surface area contributed by atoms with E-state index in [1.54, 1.807) is 6.20 Å². The van der Waals surface area contributed by atoms with Crippen molar-refractivity contribution in [3.05, 3.63) is 24.0 Å². The highest BCUT2D eigenvalue weighted by Crippen LogP contribution is 2.32. The Morgan fingerprint density at radius 3 is 2.94 bits per heavy atom. The van der Waals surface area contributed by atoms with Crippen molar-refractivity contribution in [1.29, 1.82) is 0 Å². The zero-order valence-electron chi connectivity index (χ0n) is 10.6. The molecule has 0 spiro atoms. The van der Waals surface area contributed by atoms with Crippen LogP contribution in [0.5, 0.6) is 0 Å². The summed E-state index contributed by atoms with van der Waals surface area (Å²) >= 11 is 0. The smallest absolute Gasteiger partial charge is 0.157 e. The molecule has 1 unspecified atom stereocenters. The van der Waals surface area contributed by atoms with Gasteiger partial charge in [-0.05, 0) is 6.42 Å². The van der Waals surface area contributed by atoms with E-state index in [-0.39, 0.29) is 5.92 Å². The standard InChI is InChI=1S/C13H16N4O/c1-16(2)13-8-11(9-3-4-10(18)7-9)15-12-5-6-14-17(12)13/h5-6,8-9H,3-4,7H2,1-2H3. The van der Waals surface area contributed by atoms with E-state index in [1.807, 2.05) is 35.6 Å². The fraction of sp³-hybridized carbons (Fsp3) is 0.462. The van der Waals surface area contributed by atoms with E-state index in [1.165, 1.54) is 0 Å². The van der Waals surface area contributed by atoms with Gasteiger partial charge in [0.2, 0.25) is 0 Å². The van der Waals surface area contributed by atoms with Crippen molar-refractivity contribution in [2.45, 2.75) is 25.2 Å². The molecule has 3 rings (SSSR count). The lowest BCUT2D eigenvalue weighted by atomic mass is 10.0. The Balaban J connectivity index is 2.10. The minimum atomic E-state index is 0.274. The van der Waals surface area contributed by atoms with Gasteiger partial charge in [-0.2, -0.15) is 9.61 Å². The summed E-state index contributed by atoms with van der Waals surface area (Å²) < 4.78 is 1.82. The Labute approximate surface area is 105 Å². The summed E-state index contributed by atoms with van der Waals surface area (Å²) in [4.78, 5) is 18.0. The lowest BCUT2D eigenvalue weighted by molar-refractivity contribution is -0.117. The van der Waals surface area contributed by atoms with Crippen LogP contribution in [0.1, 0.15) is 30.9 Å². The molecular formula is C13H16N4O. The molecular weight excluding hydrogens is 228 g/mol. The van der Waals surface area contributed by atoms with Gasteiger partial charge in [0, 0.05) is 45.0 Å². The second-order valence-corrected chi connectivity index (χ2v) is 5.01. The van der Waals surface area contributed by atoms with Crippen molar-refractivity contribution in [3.8, 4) is 0 Å². The van der Waals surface area contributed by atoms with Crippen LogP contribution in [0, 0.1) is 0 Å². The highest BCUT2D eigenvalue weighted by molar-refractivity contribution is 5.81. The molecule has 0 saturated heterocycles. The molecule has 5 heteroatoms. The summed E-state index contributed by atoms with van der Waals surface area (Å²) in [6.07, 6.45) is 3.99. The number of carbonyl (C=O) groups is 1. The van der Waals surface area contributed by atoms with Crippen molar-refractivity contribution in [2.75, 3.05) is 19.0 Å². The number of carbonyl (C=O) groups excluding carboxylic acids is 1. The summed E-state index contributed by atoms with van der Waals surface area (Å²) in [5, 5.41) is 4.27. The van der Waals surface area contributed by atoms with Crippen molar-refractivity contribution in [1.82, 2.24) is 14.6 Å². The molecule has 2 aromatic heterocycles. The van der Waals surface area contributed by atoms with Crippen LogP contribution in [0.3, 0.4) is 0 Å². The molecule has 0 bridgehead atoms. The van der Waals surface area contributed by atoms with Crippen molar-refractivity contribution in [2.24, 2.45) is 0 Å². The first-order chi connectivity index (χ1) is 8.65. The number of rotatable bonds is 2. The Morgan fingerprint density at radius 1 is 1.44 bits per heavy atom. The van der Waals surface area contributed by atoms with E-state index < -0.39 is 0 Å². The summed E-state index contributed by atoms with van der Waals surface area (Å²) in [5.41, 5.74) is 1.85. The van der Waals surface area contributed by atoms with Gasteiger partial charge in [-0.25, -0.2) is 4.98 Å². The average Bonchev–Trinajstić information content (AvgIpc) is 2.95. The molecule has 18 heavy (non-hydrogen) atoms.